The number of carboxylic acid groups (broad SMARTS) is 1. The molecule has 0 bridgehead atoms. The summed E-state index contributed by atoms with van der Waals surface area (Å²) >= 11 is 1.13. The number of nitrogens with one attached hydrogen (secondary N) is 1. The van der Waals surface area contributed by atoms with Crippen molar-refractivity contribution < 1.29 is 24.2 Å². The number of nitrogens with zero attached hydrogens (tertiary/aromatic N) is 2. The topological polar surface area (TPSA) is 111 Å². The second-order valence-electron chi connectivity index (χ2n) is 5.09. The normalized spacial score (nSPS) is 13.3. The molecule has 0 aliphatic heterocycles. The lowest BCUT2D eigenvalue weighted by molar-refractivity contribution is -0.141. The number of aliphatic carboxylic acids is 1. The van der Waals surface area contributed by atoms with Crippen LogP contribution in [0, 0.1) is 5.92 Å². The summed E-state index contributed by atoms with van der Waals surface area (Å²) in [5.41, 5.74) is 0. The Balaban J connectivity index is 2.95. The molecule has 1 unspecified atom stereocenters. The molecular weight excluding hydrogens is 322 g/mol. The molecule has 1 aromatic rings. The third-order valence-corrected chi connectivity index (χ3v) is 4.31. The summed E-state index contributed by atoms with van der Waals surface area (Å²) in [6.45, 7) is 5.13. The van der Waals surface area contributed by atoms with Gasteiger partial charge in [-0.1, -0.05) is 25.6 Å². The van der Waals surface area contributed by atoms with E-state index in [9.17, 15) is 9.59 Å². The van der Waals surface area contributed by atoms with Gasteiger partial charge in [-0.3, -0.25) is 9.59 Å². The average molecular weight is 343 g/mol. The van der Waals surface area contributed by atoms with Crippen LogP contribution in [0.2, 0.25) is 0 Å². The minimum Gasteiger partial charge on any atom is -0.481 e. The van der Waals surface area contributed by atoms with Gasteiger partial charge in [-0.05, 0) is 12.8 Å². The van der Waals surface area contributed by atoms with Crippen molar-refractivity contribution in [2.24, 2.45) is 5.92 Å². The molecule has 0 saturated heterocycles. The van der Waals surface area contributed by atoms with Crippen LogP contribution in [0.5, 0.6) is 11.8 Å². The largest absolute Gasteiger partial charge is 0.481 e. The minimum absolute atomic E-state index is 0.0539. The Bertz CT molecular complexity index is 545. The van der Waals surface area contributed by atoms with Crippen molar-refractivity contribution in [1.82, 2.24) is 15.3 Å². The van der Waals surface area contributed by atoms with E-state index in [2.05, 4.69) is 15.3 Å². The maximum Gasteiger partial charge on any atom is 0.325 e. The van der Waals surface area contributed by atoms with Gasteiger partial charge in [0.05, 0.1) is 25.5 Å². The Hall–Kier alpha value is -2.03. The SMILES string of the molecule is COc1cc(OC)nc(SC(C(=O)N[C@@H](C)C(=O)O)C(C)C)n1. The van der Waals surface area contributed by atoms with Crippen LogP contribution in [0.3, 0.4) is 0 Å². The van der Waals surface area contributed by atoms with E-state index < -0.39 is 17.3 Å². The van der Waals surface area contributed by atoms with E-state index in [0.717, 1.165) is 11.8 Å². The van der Waals surface area contributed by atoms with E-state index in [1.807, 2.05) is 13.8 Å². The molecule has 0 radical (unpaired) electrons. The van der Waals surface area contributed by atoms with Gasteiger partial charge in [-0.25, -0.2) is 0 Å². The van der Waals surface area contributed by atoms with Crippen molar-refractivity contribution in [2.75, 3.05) is 14.2 Å². The lowest BCUT2D eigenvalue weighted by atomic mass is 10.1. The summed E-state index contributed by atoms with van der Waals surface area (Å²) in [4.78, 5) is 31.5. The van der Waals surface area contributed by atoms with Crippen LogP contribution in [0.4, 0.5) is 0 Å². The summed E-state index contributed by atoms with van der Waals surface area (Å²) in [5.74, 6) is -0.889. The molecule has 128 valence electrons. The molecule has 0 fully saturated rings. The maximum absolute atomic E-state index is 12.3. The number of hydrogen-bond donors (Lipinski definition) is 2. The fourth-order valence-electron chi connectivity index (χ4n) is 1.61. The van der Waals surface area contributed by atoms with Crippen molar-refractivity contribution in [1.29, 1.82) is 0 Å². The number of thioether (sulfide) groups is 1. The van der Waals surface area contributed by atoms with Crippen molar-refractivity contribution in [3.8, 4) is 11.8 Å². The highest BCUT2D eigenvalue weighted by atomic mass is 32.2. The Kier molecular flexibility index (Phi) is 7.08. The van der Waals surface area contributed by atoms with Crippen molar-refractivity contribution in [2.45, 2.75) is 37.2 Å². The molecule has 1 amide bonds. The fraction of sp³-hybridized carbons (Fsp3) is 0.571. The van der Waals surface area contributed by atoms with Crippen molar-refractivity contribution in [3.63, 3.8) is 0 Å². The number of amides is 1. The van der Waals surface area contributed by atoms with Gasteiger partial charge in [0, 0.05) is 0 Å². The summed E-state index contributed by atoms with van der Waals surface area (Å²) in [6, 6.07) is 0.561. The summed E-state index contributed by atoms with van der Waals surface area (Å²) < 4.78 is 10.1. The molecule has 0 saturated carbocycles. The highest BCUT2D eigenvalue weighted by Gasteiger charge is 2.27. The van der Waals surface area contributed by atoms with Crippen molar-refractivity contribution >= 4 is 23.6 Å². The van der Waals surface area contributed by atoms with E-state index in [-0.39, 0.29) is 11.8 Å². The molecule has 8 nitrogen and oxygen atoms in total. The molecule has 0 aliphatic carbocycles. The van der Waals surface area contributed by atoms with Crippen LogP contribution >= 0.6 is 11.8 Å². The number of ether oxygens (including phenoxy) is 2. The summed E-state index contributed by atoms with van der Waals surface area (Å²) in [7, 11) is 2.94. The Morgan fingerprint density at radius 3 is 2.09 bits per heavy atom. The predicted molar refractivity (Wildman–Crippen MR) is 84.9 cm³/mol. The fourth-order valence-corrected chi connectivity index (χ4v) is 2.57. The number of rotatable bonds is 8. The van der Waals surface area contributed by atoms with E-state index >= 15 is 0 Å². The molecule has 23 heavy (non-hydrogen) atoms. The molecule has 2 N–H and O–H groups in total. The van der Waals surface area contributed by atoms with Crippen molar-refractivity contribution in [3.05, 3.63) is 6.07 Å². The molecule has 1 aromatic heterocycles. The van der Waals surface area contributed by atoms with Gasteiger partial charge in [-0.2, -0.15) is 9.97 Å². The molecule has 1 rings (SSSR count). The van der Waals surface area contributed by atoms with Crippen LogP contribution in [-0.2, 0) is 9.59 Å². The van der Waals surface area contributed by atoms with E-state index in [1.165, 1.54) is 27.2 Å². The number of carbonyl (C=O) groups is 2. The predicted octanol–water partition coefficient (Wildman–Crippen LogP) is 1.20. The minimum atomic E-state index is -1.09. The first-order valence-electron chi connectivity index (χ1n) is 6.95. The van der Waals surface area contributed by atoms with Gasteiger partial charge in [-0.15, -0.1) is 0 Å². The zero-order valence-electron chi connectivity index (χ0n) is 13.7. The van der Waals surface area contributed by atoms with E-state index in [4.69, 9.17) is 14.6 Å². The number of carbonyl (C=O) groups excluding carboxylic acids is 1. The summed E-state index contributed by atoms with van der Waals surface area (Å²) in [5, 5.41) is 11.1. The highest BCUT2D eigenvalue weighted by Crippen LogP contribution is 2.29. The van der Waals surface area contributed by atoms with Crippen LogP contribution in [0.1, 0.15) is 20.8 Å². The quantitative estimate of drug-likeness (QED) is 0.535. The second kappa shape index (κ2) is 8.56. The van der Waals surface area contributed by atoms with Crippen LogP contribution in [0.25, 0.3) is 0 Å². The first-order chi connectivity index (χ1) is 10.8. The van der Waals surface area contributed by atoms with E-state index in [1.54, 1.807) is 0 Å². The van der Waals surface area contributed by atoms with Crippen LogP contribution in [-0.4, -0.2) is 52.5 Å². The second-order valence-corrected chi connectivity index (χ2v) is 6.19. The lowest BCUT2D eigenvalue weighted by Gasteiger charge is -2.20. The molecule has 0 spiro atoms. The van der Waals surface area contributed by atoms with Gasteiger partial charge in [0.25, 0.3) is 0 Å². The number of hydrogen-bond acceptors (Lipinski definition) is 7. The van der Waals surface area contributed by atoms with Gasteiger partial charge >= 0.3 is 5.97 Å². The lowest BCUT2D eigenvalue weighted by Crippen LogP contribution is -2.44. The Morgan fingerprint density at radius 2 is 1.70 bits per heavy atom. The van der Waals surface area contributed by atoms with Crippen LogP contribution in [0.15, 0.2) is 11.2 Å². The third kappa shape index (κ3) is 5.59. The average Bonchev–Trinajstić information content (AvgIpc) is 2.51. The Morgan fingerprint density at radius 1 is 1.17 bits per heavy atom. The standard InChI is InChI=1S/C14H21N3O5S/c1-7(2)11(12(18)15-8(3)13(19)20)23-14-16-9(21-4)6-10(17-14)22-5/h6-8,11H,1-5H3,(H,15,18)(H,19,20)/t8-,11?/m0/s1. The number of aromatic nitrogens is 2. The highest BCUT2D eigenvalue weighted by molar-refractivity contribution is 8.00. The zero-order chi connectivity index (χ0) is 17.6. The molecule has 0 aliphatic rings. The molecule has 2 atom stereocenters. The van der Waals surface area contributed by atoms with E-state index in [0.29, 0.717) is 16.9 Å². The van der Waals surface area contributed by atoms with Crippen LogP contribution < -0.4 is 14.8 Å². The maximum atomic E-state index is 12.3. The molecule has 0 aromatic carbocycles. The van der Waals surface area contributed by atoms with Gasteiger partial charge in [0.15, 0.2) is 5.16 Å². The Labute approximate surface area is 139 Å². The molecule has 1 heterocycles. The van der Waals surface area contributed by atoms with Gasteiger partial charge in [0.2, 0.25) is 17.7 Å². The number of methoxy groups -OCH3 is 2. The zero-order valence-corrected chi connectivity index (χ0v) is 14.5. The third-order valence-electron chi connectivity index (χ3n) is 2.90. The first kappa shape index (κ1) is 19.0. The number of carboxylic acids is 1. The molecule has 9 heteroatoms. The summed E-state index contributed by atoms with van der Waals surface area (Å²) in [6.07, 6.45) is 0. The monoisotopic (exact) mass is 343 g/mol. The first-order valence-corrected chi connectivity index (χ1v) is 7.83. The smallest absolute Gasteiger partial charge is 0.325 e. The van der Waals surface area contributed by atoms with Gasteiger partial charge in [0.1, 0.15) is 6.04 Å². The molecular formula is C14H21N3O5S. The van der Waals surface area contributed by atoms with Gasteiger partial charge < -0.3 is 19.9 Å².